The normalized spacial score (nSPS) is 15.7. The van der Waals surface area contributed by atoms with Gasteiger partial charge in [-0.1, -0.05) is 73.5 Å². The Kier molecular flexibility index (Phi) is 12.0. The van der Waals surface area contributed by atoms with Crippen molar-refractivity contribution in [3.05, 3.63) is 147 Å². The Morgan fingerprint density at radius 3 is 2.46 bits per heavy atom. The summed E-state index contributed by atoms with van der Waals surface area (Å²) < 4.78 is 41.1. The number of hydrogen-bond donors (Lipinski definition) is 3. The molecule has 14 heteroatoms. The smallest absolute Gasteiger partial charge is 0.293 e. The largest absolute Gasteiger partial charge is 0.455 e. The molecule has 3 N–H and O–H groups in total. The van der Waals surface area contributed by atoms with Crippen molar-refractivity contribution in [2.75, 3.05) is 25.1 Å². The summed E-state index contributed by atoms with van der Waals surface area (Å²) in [5.41, 5.74) is 7.30. The number of pyridine rings is 1. The second kappa shape index (κ2) is 17.5. The molecule has 6 aromatic rings. The van der Waals surface area contributed by atoms with Crippen LogP contribution in [0.25, 0.3) is 27.7 Å². The molecule has 2 aromatic heterocycles. The molecule has 1 fully saturated rings. The van der Waals surface area contributed by atoms with E-state index in [0.717, 1.165) is 66.7 Å². The van der Waals surface area contributed by atoms with Gasteiger partial charge < -0.3 is 19.8 Å². The molecule has 8 rings (SSSR count). The number of benzene rings is 4. The average Bonchev–Trinajstić information content (AvgIpc) is 3.72. The number of nitrogens with one attached hydrogen (secondary N) is 3. The minimum atomic E-state index is -4.57. The van der Waals surface area contributed by atoms with Gasteiger partial charge in [-0.15, -0.1) is 0 Å². The van der Waals surface area contributed by atoms with Crippen LogP contribution in [0.3, 0.4) is 0 Å². The third-order valence-electron chi connectivity index (χ3n) is 11.5. The standard InChI is InChI=1S/C47H46ClN5O7S/c1-47(2)19-15-35(41(27-47)33-7-10-37(48)11-8-33)23-30-3-5-32(6-4-30)34-9-13-40(44(25-34)60-38-24-36-16-20-49-45(36)51-29-38)46(54)52-61(57,58)39-12-14-42(43(26-39)53(55)56)50-28-31-17-21-59-22-18-31/h3-14,16,20,24-26,29,31,50H,15,17-19,21-23,27-28H2,1-2H3,(H,49,51)(H,52,54). The molecule has 1 saturated heterocycles. The third-order valence-corrected chi connectivity index (χ3v) is 13.1. The predicted molar refractivity (Wildman–Crippen MR) is 238 cm³/mol. The van der Waals surface area contributed by atoms with Gasteiger partial charge in [0.15, 0.2) is 0 Å². The fourth-order valence-corrected chi connectivity index (χ4v) is 9.15. The predicted octanol–water partition coefficient (Wildman–Crippen LogP) is 10.7. The number of amides is 1. The third kappa shape index (κ3) is 9.80. The number of aromatic nitrogens is 2. The van der Waals surface area contributed by atoms with Crippen LogP contribution in [0.4, 0.5) is 11.4 Å². The first-order valence-corrected chi connectivity index (χ1v) is 22.1. The minimum absolute atomic E-state index is 0.0655. The maximum Gasteiger partial charge on any atom is 0.293 e. The van der Waals surface area contributed by atoms with Crippen molar-refractivity contribution < 1.29 is 27.6 Å². The fourth-order valence-electron chi connectivity index (χ4n) is 8.04. The summed E-state index contributed by atoms with van der Waals surface area (Å²) >= 11 is 6.23. The summed E-state index contributed by atoms with van der Waals surface area (Å²) in [5, 5.41) is 16.7. The number of H-pyrrole nitrogens is 1. The number of nitro benzene ring substituents is 1. The number of allylic oxidation sites excluding steroid dienone is 2. The van der Waals surface area contributed by atoms with E-state index in [9.17, 15) is 23.3 Å². The van der Waals surface area contributed by atoms with E-state index in [1.54, 1.807) is 24.4 Å². The van der Waals surface area contributed by atoms with Crippen molar-refractivity contribution >= 4 is 55.5 Å². The van der Waals surface area contributed by atoms with E-state index >= 15 is 0 Å². The van der Waals surface area contributed by atoms with Gasteiger partial charge in [0.25, 0.3) is 21.6 Å². The van der Waals surface area contributed by atoms with Crippen molar-refractivity contribution in [2.45, 2.75) is 57.3 Å². The molecule has 1 aliphatic carbocycles. The second-order valence-corrected chi connectivity index (χ2v) is 18.6. The van der Waals surface area contributed by atoms with E-state index in [1.807, 2.05) is 30.3 Å². The zero-order valence-electron chi connectivity index (χ0n) is 33.9. The maximum absolute atomic E-state index is 13.9. The number of rotatable bonds is 13. The Morgan fingerprint density at radius 1 is 0.967 bits per heavy atom. The van der Waals surface area contributed by atoms with Crippen LogP contribution in [-0.4, -0.2) is 49.0 Å². The number of aromatic amines is 1. The summed E-state index contributed by atoms with van der Waals surface area (Å²) in [5.74, 6) is -0.285. The molecule has 61 heavy (non-hydrogen) atoms. The molecule has 0 saturated carbocycles. The Bertz CT molecular complexity index is 2740. The summed E-state index contributed by atoms with van der Waals surface area (Å²) in [6.07, 6.45) is 8.80. The lowest BCUT2D eigenvalue weighted by Crippen LogP contribution is -2.31. The van der Waals surface area contributed by atoms with E-state index in [2.05, 4.69) is 58.1 Å². The number of halogens is 1. The molecular formula is C47H46ClN5O7S. The van der Waals surface area contributed by atoms with Gasteiger partial charge in [0, 0.05) is 42.4 Å². The number of fused-ring (bicyclic) bond motifs is 1. The van der Waals surface area contributed by atoms with Crippen LogP contribution in [0.5, 0.6) is 11.5 Å². The lowest BCUT2D eigenvalue weighted by atomic mass is 9.71. The van der Waals surface area contributed by atoms with Gasteiger partial charge in [-0.05, 0) is 126 Å². The molecule has 1 amide bonds. The van der Waals surface area contributed by atoms with Gasteiger partial charge in [0.2, 0.25) is 0 Å². The molecule has 4 aromatic carbocycles. The lowest BCUT2D eigenvalue weighted by molar-refractivity contribution is -0.384. The van der Waals surface area contributed by atoms with Gasteiger partial charge in [0.1, 0.15) is 22.8 Å². The van der Waals surface area contributed by atoms with Gasteiger partial charge in [-0.25, -0.2) is 18.1 Å². The molecule has 2 aliphatic rings. The molecule has 1 aliphatic heterocycles. The molecule has 3 heterocycles. The highest BCUT2D eigenvalue weighted by atomic mass is 35.5. The van der Waals surface area contributed by atoms with E-state index < -0.39 is 31.4 Å². The highest BCUT2D eigenvalue weighted by Crippen LogP contribution is 2.44. The molecule has 0 unspecified atom stereocenters. The van der Waals surface area contributed by atoms with Crippen LogP contribution >= 0.6 is 11.6 Å². The number of hydrogen-bond acceptors (Lipinski definition) is 9. The number of carbonyl (C=O) groups is 1. The molecule has 0 atom stereocenters. The van der Waals surface area contributed by atoms with Crippen LogP contribution in [0.15, 0.2) is 120 Å². The topological polar surface area (TPSA) is 166 Å². The SMILES string of the molecule is CC1(C)CCC(Cc2ccc(-c3ccc(C(=O)NS(=O)(=O)c4ccc(NCC5CCOCC5)c([N+](=O)[O-])c4)c(Oc4cnc5[nH]ccc5c4)c3)cc2)=C(c2ccc(Cl)cc2)C1. The van der Waals surface area contributed by atoms with Crippen LogP contribution in [0, 0.1) is 21.4 Å². The molecule has 0 spiro atoms. The maximum atomic E-state index is 13.9. The summed E-state index contributed by atoms with van der Waals surface area (Å²) in [6, 6.07) is 28.4. The van der Waals surface area contributed by atoms with Crippen molar-refractivity contribution in [1.82, 2.24) is 14.7 Å². The fraction of sp³-hybridized carbons (Fsp3) is 0.277. The Morgan fingerprint density at radius 2 is 1.70 bits per heavy atom. The number of nitro groups is 1. The van der Waals surface area contributed by atoms with Gasteiger partial charge in [-0.3, -0.25) is 14.9 Å². The molecular weight excluding hydrogens is 814 g/mol. The molecule has 0 bridgehead atoms. The van der Waals surface area contributed by atoms with Crippen molar-refractivity contribution in [1.29, 1.82) is 0 Å². The van der Waals surface area contributed by atoms with Crippen LogP contribution < -0.4 is 14.8 Å². The first-order valence-electron chi connectivity index (χ1n) is 20.3. The lowest BCUT2D eigenvalue weighted by Gasteiger charge is -2.34. The number of carbonyl (C=O) groups excluding carboxylic acids is 1. The van der Waals surface area contributed by atoms with Crippen molar-refractivity contribution in [3.8, 4) is 22.6 Å². The van der Waals surface area contributed by atoms with Crippen LogP contribution in [-0.2, 0) is 21.2 Å². The highest BCUT2D eigenvalue weighted by Gasteiger charge is 2.29. The van der Waals surface area contributed by atoms with E-state index in [-0.39, 0.29) is 28.3 Å². The number of ether oxygens (including phenoxy) is 2. The van der Waals surface area contributed by atoms with E-state index in [4.69, 9.17) is 21.1 Å². The van der Waals surface area contributed by atoms with Crippen molar-refractivity contribution in [2.24, 2.45) is 11.3 Å². The minimum Gasteiger partial charge on any atom is -0.455 e. The van der Waals surface area contributed by atoms with E-state index in [1.165, 1.54) is 41.1 Å². The Hall–Kier alpha value is -6.02. The highest BCUT2D eigenvalue weighted by molar-refractivity contribution is 7.90. The first-order chi connectivity index (χ1) is 29.3. The molecule has 314 valence electrons. The number of anilines is 1. The summed E-state index contributed by atoms with van der Waals surface area (Å²) in [6.45, 7) is 6.35. The zero-order valence-corrected chi connectivity index (χ0v) is 35.4. The molecule has 0 radical (unpaired) electrons. The van der Waals surface area contributed by atoms with Crippen LogP contribution in [0.2, 0.25) is 5.02 Å². The Labute approximate surface area is 359 Å². The summed E-state index contributed by atoms with van der Waals surface area (Å²) in [7, 11) is -4.57. The number of sulfonamides is 1. The van der Waals surface area contributed by atoms with Gasteiger partial charge in [0.05, 0.1) is 21.6 Å². The zero-order chi connectivity index (χ0) is 42.7. The second-order valence-electron chi connectivity index (χ2n) is 16.5. The number of nitrogens with zero attached hydrogens (tertiary/aromatic N) is 2. The quantitative estimate of drug-likeness (QED) is 0.0757. The summed E-state index contributed by atoms with van der Waals surface area (Å²) in [4.78, 5) is 32.3. The first kappa shape index (κ1) is 41.7. The van der Waals surface area contributed by atoms with Crippen LogP contribution in [0.1, 0.15) is 67.4 Å². The van der Waals surface area contributed by atoms with Gasteiger partial charge in [-0.2, -0.15) is 0 Å². The Balaban J connectivity index is 1.06. The average molecular weight is 860 g/mol. The van der Waals surface area contributed by atoms with E-state index in [0.29, 0.717) is 36.2 Å². The molecule has 12 nitrogen and oxygen atoms in total. The van der Waals surface area contributed by atoms with Gasteiger partial charge >= 0.3 is 0 Å². The monoisotopic (exact) mass is 859 g/mol. The van der Waals surface area contributed by atoms with Crippen molar-refractivity contribution in [3.63, 3.8) is 0 Å².